The van der Waals surface area contributed by atoms with Gasteiger partial charge in [-0.1, -0.05) is 19.9 Å². The number of piperazine rings is 1. The predicted octanol–water partition coefficient (Wildman–Crippen LogP) is 1.02. The molecule has 1 aromatic heterocycles. The van der Waals surface area contributed by atoms with E-state index >= 15 is 0 Å². The van der Waals surface area contributed by atoms with Crippen LogP contribution in [0.3, 0.4) is 0 Å². The van der Waals surface area contributed by atoms with Crippen LogP contribution in [0, 0.1) is 5.92 Å². The Morgan fingerprint density at radius 3 is 2.45 bits per heavy atom. The summed E-state index contributed by atoms with van der Waals surface area (Å²) in [6, 6.07) is 5.32. The van der Waals surface area contributed by atoms with E-state index in [0.717, 1.165) is 18.9 Å². The molecule has 0 saturated carbocycles. The topological polar surface area (TPSA) is 93.1 Å². The number of esters is 1. The zero-order valence-corrected chi connectivity index (χ0v) is 17.6. The summed E-state index contributed by atoms with van der Waals surface area (Å²) in [6.07, 6.45) is 3.44. The number of hydrogen-bond donors (Lipinski definition) is 1. The molecule has 0 aliphatic carbocycles. The van der Waals surface area contributed by atoms with Crippen molar-refractivity contribution in [3.8, 4) is 0 Å². The van der Waals surface area contributed by atoms with Crippen molar-refractivity contribution in [3.63, 3.8) is 0 Å². The lowest BCUT2D eigenvalue weighted by Gasteiger charge is -2.31. The first-order valence-corrected chi connectivity index (χ1v) is 10.3. The third-order valence-electron chi connectivity index (χ3n) is 4.99. The number of nitrogens with zero attached hydrogens (tertiary/aromatic N) is 2. The molecule has 1 fully saturated rings. The Hall–Kier alpha value is -2.64. The number of rotatable bonds is 9. The van der Waals surface area contributed by atoms with Gasteiger partial charge in [-0.05, 0) is 24.8 Å². The minimum atomic E-state index is -0.633. The van der Waals surface area contributed by atoms with Gasteiger partial charge in [-0.2, -0.15) is 0 Å². The molecule has 1 aliphatic rings. The summed E-state index contributed by atoms with van der Waals surface area (Å²) in [6.45, 7) is 6.87. The van der Waals surface area contributed by atoms with E-state index in [1.54, 1.807) is 0 Å². The van der Waals surface area contributed by atoms with Gasteiger partial charge < -0.3 is 15.0 Å². The van der Waals surface area contributed by atoms with Gasteiger partial charge in [0, 0.05) is 18.9 Å². The number of methoxy groups -OCH3 is 1. The molecule has 2 amide bonds. The molecular weight excluding hydrogens is 372 g/mol. The van der Waals surface area contributed by atoms with Gasteiger partial charge in [0.2, 0.25) is 11.8 Å². The first kappa shape index (κ1) is 22.6. The van der Waals surface area contributed by atoms with Crippen LogP contribution in [0.4, 0.5) is 5.82 Å². The molecule has 0 spiro atoms. The second-order valence-corrected chi connectivity index (χ2v) is 7.74. The average Bonchev–Trinajstić information content (AvgIpc) is 2.73. The molecule has 160 valence electrons. The van der Waals surface area contributed by atoms with Crippen LogP contribution in [0.15, 0.2) is 24.4 Å². The number of aromatic amines is 1. The Kier molecular flexibility index (Phi) is 8.89. The molecule has 29 heavy (non-hydrogen) atoms. The molecule has 0 aromatic carbocycles. The Labute approximate surface area is 172 Å². The molecule has 1 saturated heterocycles. The number of pyridine rings is 1. The van der Waals surface area contributed by atoms with Gasteiger partial charge in [0.15, 0.2) is 0 Å². The smallest absolute Gasteiger partial charge is 0.328 e. The normalized spacial score (nSPS) is 15.2. The summed E-state index contributed by atoms with van der Waals surface area (Å²) in [5.74, 6) is 0.724. The lowest BCUT2D eigenvalue weighted by Crippen LogP contribution is -2.50. The number of hydrogen-bond acceptors (Lipinski definition) is 5. The fraction of sp³-hybridized carbons (Fsp3) is 0.619. The first-order valence-electron chi connectivity index (χ1n) is 10.3. The zero-order chi connectivity index (χ0) is 21.2. The summed E-state index contributed by atoms with van der Waals surface area (Å²) in [7, 11) is 1.32. The van der Waals surface area contributed by atoms with E-state index in [1.807, 2.05) is 43.1 Å². The third-order valence-corrected chi connectivity index (χ3v) is 4.99. The molecule has 1 atom stereocenters. The summed E-state index contributed by atoms with van der Waals surface area (Å²) in [5.41, 5.74) is 0. The number of carbonyl (C=O) groups is 3. The summed E-state index contributed by atoms with van der Waals surface area (Å²) >= 11 is 0. The van der Waals surface area contributed by atoms with E-state index in [1.165, 1.54) is 7.11 Å². The van der Waals surface area contributed by atoms with Gasteiger partial charge in [0.05, 0.1) is 26.4 Å². The molecule has 2 N–H and O–H groups in total. The van der Waals surface area contributed by atoms with Crippen LogP contribution in [0.5, 0.6) is 0 Å². The number of amides is 2. The van der Waals surface area contributed by atoms with Crippen molar-refractivity contribution >= 4 is 23.6 Å². The van der Waals surface area contributed by atoms with E-state index in [-0.39, 0.29) is 24.2 Å². The van der Waals surface area contributed by atoms with E-state index in [0.29, 0.717) is 32.4 Å². The van der Waals surface area contributed by atoms with Crippen molar-refractivity contribution in [1.82, 2.24) is 10.2 Å². The van der Waals surface area contributed by atoms with E-state index in [2.05, 4.69) is 15.2 Å². The maximum Gasteiger partial charge on any atom is 0.328 e. The second kappa shape index (κ2) is 11.4. The predicted molar refractivity (Wildman–Crippen MR) is 109 cm³/mol. The van der Waals surface area contributed by atoms with Crippen molar-refractivity contribution in [3.05, 3.63) is 24.4 Å². The molecule has 1 aromatic rings. The summed E-state index contributed by atoms with van der Waals surface area (Å²) < 4.78 is 4.76. The lowest BCUT2D eigenvalue weighted by molar-refractivity contribution is -0.364. The van der Waals surface area contributed by atoms with Gasteiger partial charge in [-0.15, -0.1) is 0 Å². The fourth-order valence-electron chi connectivity index (χ4n) is 3.43. The molecule has 0 unspecified atom stereocenters. The Morgan fingerprint density at radius 1 is 1.14 bits per heavy atom. The van der Waals surface area contributed by atoms with Crippen LogP contribution in [0.2, 0.25) is 0 Å². The second-order valence-electron chi connectivity index (χ2n) is 7.74. The molecule has 2 heterocycles. The molecule has 8 heteroatoms. The molecule has 8 nitrogen and oxygen atoms in total. The van der Waals surface area contributed by atoms with Gasteiger partial charge >= 0.3 is 5.97 Å². The van der Waals surface area contributed by atoms with E-state index in [4.69, 9.17) is 4.74 Å². The average molecular weight is 406 g/mol. The number of aromatic nitrogens is 1. The summed E-state index contributed by atoms with van der Waals surface area (Å²) in [4.78, 5) is 43.7. The van der Waals surface area contributed by atoms with Gasteiger partial charge in [0.25, 0.3) is 5.82 Å². The summed E-state index contributed by atoms with van der Waals surface area (Å²) in [5, 5.41) is 2.73. The van der Waals surface area contributed by atoms with Gasteiger partial charge in [-0.25, -0.2) is 9.78 Å². The first-order chi connectivity index (χ1) is 13.9. The zero-order valence-electron chi connectivity index (χ0n) is 17.6. The fourth-order valence-corrected chi connectivity index (χ4v) is 3.43. The Balaban J connectivity index is 1.70. The van der Waals surface area contributed by atoms with Crippen LogP contribution in [-0.2, 0) is 19.1 Å². The number of anilines is 1. The van der Waals surface area contributed by atoms with Gasteiger partial charge in [-0.3, -0.25) is 14.5 Å². The van der Waals surface area contributed by atoms with Crippen molar-refractivity contribution < 1.29 is 24.1 Å². The van der Waals surface area contributed by atoms with Crippen LogP contribution >= 0.6 is 0 Å². The minimum absolute atomic E-state index is 0.0705. The monoisotopic (exact) mass is 405 g/mol. The van der Waals surface area contributed by atoms with Crippen LogP contribution in [0.25, 0.3) is 0 Å². The Bertz CT molecular complexity index is 673. The lowest BCUT2D eigenvalue weighted by atomic mass is 10.0. The molecular formula is C21H33N4O4+. The van der Waals surface area contributed by atoms with Crippen LogP contribution < -0.4 is 15.2 Å². The number of carbonyl (C=O) groups excluding carboxylic acids is 3. The number of H-pyrrole nitrogens is 1. The SMILES string of the molecule is COC(=O)[C@H](CC(C)C)NC(=O)CCCC(=O)N1CCN(c2cccc[nH+]2)CC1. The van der Waals surface area contributed by atoms with Crippen molar-refractivity contribution in [2.45, 2.75) is 45.6 Å². The highest BCUT2D eigenvalue weighted by Crippen LogP contribution is 2.12. The highest BCUT2D eigenvalue weighted by molar-refractivity contribution is 5.84. The minimum Gasteiger partial charge on any atom is -0.467 e. The quantitative estimate of drug-likeness (QED) is 0.619. The van der Waals surface area contributed by atoms with Crippen LogP contribution in [-0.4, -0.2) is 62.0 Å². The van der Waals surface area contributed by atoms with Crippen LogP contribution in [0.1, 0.15) is 39.5 Å². The molecule has 0 bridgehead atoms. The third kappa shape index (κ3) is 7.36. The molecule has 0 radical (unpaired) electrons. The number of nitrogens with one attached hydrogen (secondary N) is 2. The van der Waals surface area contributed by atoms with E-state index < -0.39 is 12.0 Å². The van der Waals surface area contributed by atoms with Crippen molar-refractivity contribution in [1.29, 1.82) is 0 Å². The van der Waals surface area contributed by atoms with Crippen molar-refractivity contribution in [2.24, 2.45) is 5.92 Å². The molecule has 2 rings (SSSR count). The van der Waals surface area contributed by atoms with E-state index in [9.17, 15) is 14.4 Å². The standard InChI is InChI=1S/C21H32N4O4/c1-16(2)15-17(21(28)29-3)23-19(26)8-6-9-20(27)25-13-11-24(12-14-25)18-7-4-5-10-22-18/h4-5,7,10,16-17H,6,8-9,11-15H2,1-3H3,(H,23,26)/p+1/t17-/m0/s1. The molecule has 1 aliphatic heterocycles. The maximum absolute atomic E-state index is 12.4. The highest BCUT2D eigenvalue weighted by Gasteiger charge is 2.26. The highest BCUT2D eigenvalue weighted by atomic mass is 16.5. The number of ether oxygens (including phenoxy) is 1. The Morgan fingerprint density at radius 2 is 1.86 bits per heavy atom. The van der Waals surface area contributed by atoms with Crippen molar-refractivity contribution in [2.75, 3.05) is 38.2 Å². The largest absolute Gasteiger partial charge is 0.467 e. The maximum atomic E-state index is 12.4. The van der Waals surface area contributed by atoms with Gasteiger partial charge in [0.1, 0.15) is 19.1 Å².